The SMILES string of the molecule is CCOC(=O)CCCCCNC1C2=CCCC=C2N(C)S(=O)(=O)c2cc(Cl)ccc21. The number of carbonyl (C=O) groups excluding carboxylic acids is 1. The van der Waals surface area contributed by atoms with Gasteiger partial charge in [-0.05, 0) is 62.4 Å². The second-order valence-corrected chi connectivity index (χ2v) is 9.86. The molecule has 1 aliphatic heterocycles. The molecule has 1 aliphatic carbocycles. The van der Waals surface area contributed by atoms with Crippen molar-refractivity contribution < 1.29 is 17.9 Å². The highest BCUT2D eigenvalue weighted by Gasteiger charge is 2.37. The molecule has 2 aliphatic rings. The van der Waals surface area contributed by atoms with Crippen molar-refractivity contribution in [3.63, 3.8) is 0 Å². The molecule has 30 heavy (non-hydrogen) atoms. The number of ether oxygens (including phenoxy) is 1. The Morgan fingerprint density at radius 1 is 1.23 bits per heavy atom. The van der Waals surface area contributed by atoms with Crippen LogP contribution < -0.4 is 5.32 Å². The Kier molecular flexibility index (Phi) is 7.60. The average Bonchev–Trinajstić information content (AvgIpc) is 2.79. The zero-order chi connectivity index (χ0) is 21.7. The maximum atomic E-state index is 13.2. The van der Waals surface area contributed by atoms with Crippen LogP contribution in [0.15, 0.2) is 46.5 Å². The molecule has 1 atom stereocenters. The molecule has 6 nitrogen and oxygen atoms in total. The van der Waals surface area contributed by atoms with Gasteiger partial charge < -0.3 is 10.1 Å². The Morgan fingerprint density at radius 2 is 2.00 bits per heavy atom. The first-order valence-corrected chi connectivity index (χ1v) is 12.3. The number of nitrogens with one attached hydrogen (secondary N) is 1. The van der Waals surface area contributed by atoms with Crippen LogP contribution in [0, 0.1) is 0 Å². The topological polar surface area (TPSA) is 75.7 Å². The van der Waals surface area contributed by atoms with Crippen molar-refractivity contribution in [2.24, 2.45) is 0 Å². The minimum atomic E-state index is -3.69. The van der Waals surface area contributed by atoms with Gasteiger partial charge in [0.15, 0.2) is 0 Å². The summed E-state index contributed by atoms with van der Waals surface area (Å²) in [6.07, 6.45) is 8.81. The molecule has 0 bridgehead atoms. The fourth-order valence-electron chi connectivity index (χ4n) is 3.94. The maximum Gasteiger partial charge on any atom is 0.305 e. The third-order valence-corrected chi connectivity index (χ3v) is 7.51. The van der Waals surface area contributed by atoms with Crippen LogP contribution in [0.1, 0.15) is 57.1 Å². The molecular weight excluding hydrogens is 424 g/mol. The van der Waals surface area contributed by atoms with E-state index in [1.807, 2.05) is 6.08 Å². The molecule has 0 amide bonds. The molecule has 0 radical (unpaired) electrons. The number of nitrogens with zero attached hydrogens (tertiary/aromatic N) is 1. The third-order valence-electron chi connectivity index (χ3n) is 5.45. The summed E-state index contributed by atoms with van der Waals surface area (Å²) < 4.78 is 32.8. The second-order valence-electron chi connectivity index (χ2n) is 7.48. The van der Waals surface area contributed by atoms with E-state index in [0.717, 1.165) is 43.4 Å². The summed E-state index contributed by atoms with van der Waals surface area (Å²) >= 11 is 6.14. The van der Waals surface area contributed by atoms with Gasteiger partial charge >= 0.3 is 5.97 Å². The summed E-state index contributed by atoms with van der Waals surface area (Å²) in [7, 11) is -2.09. The van der Waals surface area contributed by atoms with Crippen molar-refractivity contribution in [1.82, 2.24) is 9.62 Å². The number of fused-ring (bicyclic) bond motifs is 2. The lowest BCUT2D eigenvalue weighted by atomic mass is 9.91. The minimum absolute atomic E-state index is 0.157. The Balaban J connectivity index is 1.78. The predicted octanol–water partition coefficient (Wildman–Crippen LogP) is 4.33. The monoisotopic (exact) mass is 452 g/mol. The van der Waals surface area contributed by atoms with Crippen LogP contribution in [0.25, 0.3) is 0 Å². The van der Waals surface area contributed by atoms with Gasteiger partial charge in [-0.15, -0.1) is 0 Å². The van der Waals surface area contributed by atoms with E-state index in [9.17, 15) is 13.2 Å². The smallest absolute Gasteiger partial charge is 0.305 e. The van der Waals surface area contributed by atoms with Gasteiger partial charge in [-0.1, -0.05) is 36.2 Å². The Morgan fingerprint density at radius 3 is 2.77 bits per heavy atom. The normalized spacial score (nSPS) is 19.8. The summed E-state index contributed by atoms with van der Waals surface area (Å²) in [5.41, 5.74) is 2.43. The molecule has 0 spiro atoms. The van der Waals surface area contributed by atoms with E-state index in [0.29, 0.717) is 30.2 Å². The van der Waals surface area contributed by atoms with Crippen molar-refractivity contribution in [3.05, 3.63) is 52.2 Å². The van der Waals surface area contributed by atoms with Gasteiger partial charge in [0.05, 0.1) is 23.2 Å². The van der Waals surface area contributed by atoms with Crippen LogP contribution in [0.2, 0.25) is 5.02 Å². The van der Waals surface area contributed by atoms with Gasteiger partial charge in [0.1, 0.15) is 0 Å². The van der Waals surface area contributed by atoms with Crippen molar-refractivity contribution in [3.8, 4) is 0 Å². The summed E-state index contributed by atoms with van der Waals surface area (Å²) in [5, 5.41) is 3.95. The Hall–Kier alpha value is -1.83. The van der Waals surface area contributed by atoms with Crippen molar-refractivity contribution >= 4 is 27.6 Å². The molecule has 0 saturated carbocycles. The number of hydrogen-bond donors (Lipinski definition) is 1. The molecule has 0 saturated heterocycles. The van der Waals surface area contributed by atoms with Gasteiger partial charge in [-0.25, -0.2) is 8.42 Å². The highest BCUT2D eigenvalue weighted by atomic mass is 35.5. The molecule has 3 rings (SSSR count). The summed E-state index contributed by atoms with van der Waals surface area (Å²) in [6.45, 7) is 2.93. The number of carbonyl (C=O) groups is 1. The zero-order valence-electron chi connectivity index (χ0n) is 17.5. The number of likely N-dealkylation sites (N-methyl/N-ethyl adjacent to an activating group) is 1. The zero-order valence-corrected chi connectivity index (χ0v) is 19.1. The molecule has 8 heteroatoms. The minimum Gasteiger partial charge on any atom is -0.466 e. The molecular formula is C22H29ClN2O4S. The van der Waals surface area contributed by atoms with Gasteiger partial charge in [0.2, 0.25) is 0 Å². The fourth-order valence-corrected chi connectivity index (χ4v) is 5.67. The van der Waals surface area contributed by atoms with Crippen LogP contribution in [0.3, 0.4) is 0 Å². The van der Waals surface area contributed by atoms with Gasteiger partial charge in [0, 0.05) is 18.5 Å². The van der Waals surface area contributed by atoms with Crippen molar-refractivity contribution in [1.29, 1.82) is 0 Å². The molecule has 164 valence electrons. The largest absolute Gasteiger partial charge is 0.466 e. The van der Waals surface area contributed by atoms with Crippen LogP contribution in [0.4, 0.5) is 0 Å². The standard InChI is InChI=1S/C22H29ClN2O4S/c1-3-29-21(26)11-5-4-8-14-24-22-17-9-6-7-10-19(17)25(2)30(27,28)20-15-16(23)12-13-18(20)22/h9-10,12-13,15,22,24H,3-8,11,14H2,1-2H3. The number of allylic oxidation sites excluding steroid dienone is 2. The van der Waals surface area contributed by atoms with Gasteiger partial charge in [-0.2, -0.15) is 0 Å². The summed E-state index contributed by atoms with van der Waals surface area (Å²) in [5.74, 6) is -0.157. The van der Waals surface area contributed by atoms with E-state index in [1.54, 1.807) is 26.1 Å². The highest BCUT2D eigenvalue weighted by Crippen LogP contribution is 2.42. The van der Waals surface area contributed by atoms with E-state index >= 15 is 0 Å². The quantitative estimate of drug-likeness (QED) is 0.469. The number of halogens is 1. The first-order chi connectivity index (χ1) is 14.4. The number of esters is 1. The van der Waals surface area contributed by atoms with E-state index in [-0.39, 0.29) is 16.9 Å². The van der Waals surface area contributed by atoms with Crippen LogP contribution in [-0.2, 0) is 19.6 Å². The Bertz CT molecular complexity index is 956. The first-order valence-electron chi connectivity index (χ1n) is 10.4. The third kappa shape index (κ3) is 4.90. The van der Waals surface area contributed by atoms with Gasteiger partial charge in [-0.3, -0.25) is 9.10 Å². The average molecular weight is 453 g/mol. The predicted molar refractivity (Wildman–Crippen MR) is 118 cm³/mol. The van der Waals surface area contributed by atoms with E-state index in [1.165, 1.54) is 10.4 Å². The van der Waals surface area contributed by atoms with E-state index < -0.39 is 10.0 Å². The van der Waals surface area contributed by atoms with E-state index in [4.69, 9.17) is 16.3 Å². The lowest BCUT2D eigenvalue weighted by Gasteiger charge is -2.27. The van der Waals surface area contributed by atoms with E-state index in [2.05, 4.69) is 11.4 Å². The molecule has 1 aromatic carbocycles. The van der Waals surface area contributed by atoms with Crippen LogP contribution in [-0.4, -0.2) is 38.9 Å². The molecule has 1 N–H and O–H groups in total. The number of unbranched alkanes of at least 4 members (excludes halogenated alkanes) is 2. The molecule has 0 aromatic heterocycles. The first kappa shape index (κ1) is 22.8. The number of sulfonamides is 1. The molecule has 0 fully saturated rings. The van der Waals surface area contributed by atoms with Crippen molar-refractivity contribution in [2.45, 2.75) is 56.4 Å². The van der Waals surface area contributed by atoms with Crippen LogP contribution >= 0.6 is 11.6 Å². The molecule has 1 heterocycles. The molecule has 1 unspecified atom stereocenters. The highest BCUT2D eigenvalue weighted by molar-refractivity contribution is 7.89. The lowest BCUT2D eigenvalue weighted by Crippen LogP contribution is -2.28. The fraction of sp³-hybridized carbons (Fsp3) is 0.500. The summed E-state index contributed by atoms with van der Waals surface area (Å²) in [4.78, 5) is 11.7. The summed E-state index contributed by atoms with van der Waals surface area (Å²) in [6, 6.07) is 4.85. The molecule has 1 aromatic rings. The number of hydrogen-bond acceptors (Lipinski definition) is 5. The lowest BCUT2D eigenvalue weighted by molar-refractivity contribution is -0.143. The van der Waals surface area contributed by atoms with Gasteiger partial charge in [0.25, 0.3) is 10.0 Å². The second kappa shape index (κ2) is 9.98. The van der Waals surface area contributed by atoms with Crippen molar-refractivity contribution in [2.75, 3.05) is 20.2 Å². The number of benzene rings is 1. The Labute approximate surface area is 184 Å². The maximum absolute atomic E-state index is 13.2. The van der Waals surface area contributed by atoms with Crippen LogP contribution in [0.5, 0.6) is 0 Å². The number of rotatable bonds is 8.